The number of allylic oxidation sites excluding steroid dienone is 5. The molecule has 1 saturated carbocycles. The van der Waals surface area contributed by atoms with Gasteiger partial charge >= 0.3 is 5.91 Å². The maximum atomic E-state index is 13.5. The minimum atomic E-state index is -1.21. The average molecular weight is 532 g/mol. The van der Waals surface area contributed by atoms with Gasteiger partial charge < -0.3 is 10.4 Å². The molecule has 2 heterocycles. The van der Waals surface area contributed by atoms with Crippen LogP contribution in [0.1, 0.15) is 72.1 Å². The Kier molecular flexibility index (Phi) is 8.75. The van der Waals surface area contributed by atoms with Crippen LogP contribution >= 0.6 is 0 Å². The zero-order chi connectivity index (χ0) is 27.9. The largest absolute Gasteiger partial charge is 0.508 e. The molecule has 1 fully saturated rings. The summed E-state index contributed by atoms with van der Waals surface area (Å²) in [5.41, 5.74) is 3.35. The number of phenols is 1. The Morgan fingerprint density at radius 3 is 2.54 bits per heavy atom. The van der Waals surface area contributed by atoms with Crippen molar-refractivity contribution in [2.24, 2.45) is 5.18 Å². The van der Waals surface area contributed by atoms with Crippen LogP contribution in [0.25, 0.3) is 11.2 Å². The van der Waals surface area contributed by atoms with Crippen LogP contribution in [0.3, 0.4) is 0 Å². The van der Waals surface area contributed by atoms with E-state index in [0.29, 0.717) is 16.8 Å². The van der Waals surface area contributed by atoms with Gasteiger partial charge in [-0.05, 0) is 49.1 Å². The molecule has 0 spiro atoms. The number of hydrogen-bond donors (Lipinski definition) is 2. The molecule has 0 radical (unpaired) electrons. The van der Waals surface area contributed by atoms with Crippen LogP contribution in [0.15, 0.2) is 72.5 Å². The third-order valence-corrected chi connectivity index (χ3v) is 6.89. The number of benzene rings is 1. The zero-order valence-corrected chi connectivity index (χ0v) is 21.6. The highest BCUT2D eigenvalue weighted by Gasteiger charge is 2.28. The van der Waals surface area contributed by atoms with E-state index < -0.39 is 17.9 Å². The van der Waals surface area contributed by atoms with Crippen molar-refractivity contribution < 1.29 is 19.1 Å². The third-order valence-electron chi connectivity index (χ3n) is 6.89. The highest BCUT2D eigenvalue weighted by molar-refractivity contribution is 6.02. The van der Waals surface area contributed by atoms with Crippen molar-refractivity contribution in [3.63, 3.8) is 0 Å². The second-order valence-electron chi connectivity index (χ2n) is 9.59. The molecule has 4 rings (SSSR count). The summed E-state index contributed by atoms with van der Waals surface area (Å²) in [6.07, 6.45) is 12.8. The maximum absolute atomic E-state index is 13.5. The number of amides is 2. The summed E-state index contributed by atoms with van der Waals surface area (Å²) in [6, 6.07) is 4.86. The van der Waals surface area contributed by atoms with Gasteiger partial charge in [0.2, 0.25) is 0 Å². The Morgan fingerprint density at radius 2 is 1.90 bits per heavy atom. The van der Waals surface area contributed by atoms with Crippen LogP contribution < -0.4 is 5.32 Å². The Hall–Kier alpha value is -4.47. The van der Waals surface area contributed by atoms with E-state index in [9.17, 15) is 24.0 Å². The molecule has 202 valence electrons. The van der Waals surface area contributed by atoms with E-state index in [1.54, 1.807) is 35.0 Å². The smallest absolute Gasteiger partial charge is 0.308 e. The molecule has 1 atom stereocenters. The van der Waals surface area contributed by atoms with Gasteiger partial charge in [0, 0.05) is 29.3 Å². The number of nitroso groups, excluding NO2 is 1. The molecule has 3 aromatic rings. The quantitative estimate of drug-likeness (QED) is 0.275. The van der Waals surface area contributed by atoms with Crippen molar-refractivity contribution in [3.8, 4) is 5.75 Å². The van der Waals surface area contributed by atoms with E-state index >= 15 is 0 Å². The lowest BCUT2D eigenvalue weighted by atomic mass is 9.84. The lowest BCUT2D eigenvalue weighted by Crippen LogP contribution is -2.41. The van der Waals surface area contributed by atoms with Crippen molar-refractivity contribution in [2.45, 2.75) is 57.4 Å². The van der Waals surface area contributed by atoms with Gasteiger partial charge in [0.15, 0.2) is 5.65 Å². The van der Waals surface area contributed by atoms with Crippen LogP contribution in [0.2, 0.25) is 0 Å². The molecule has 0 unspecified atom stereocenters. The van der Waals surface area contributed by atoms with E-state index in [2.05, 4.69) is 27.2 Å². The fourth-order valence-corrected chi connectivity index (χ4v) is 4.94. The van der Waals surface area contributed by atoms with Crippen molar-refractivity contribution in [3.05, 3.63) is 94.6 Å². The van der Waals surface area contributed by atoms with Crippen LogP contribution in [-0.4, -0.2) is 37.6 Å². The molecule has 2 aromatic heterocycles. The van der Waals surface area contributed by atoms with E-state index in [0.717, 1.165) is 43.4 Å². The van der Waals surface area contributed by atoms with Gasteiger partial charge in [0.05, 0.1) is 17.7 Å². The van der Waals surface area contributed by atoms with Gasteiger partial charge in [-0.25, -0.2) is 13.9 Å². The first-order valence-corrected chi connectivity index (χ1v) is 12.8. The standard InChI is InChI=1S/C29H30FN5O4/c1-3-20(12-9-18(2)30)23-16-31-27-24(17-32-35(27)26(23)21-7-5-4-6-8-21)28(37)33-25(29(38)34-39)15-19-10-13-22(36)14-11-19/h3,9-14,16-17,21,25,36H,1,4-8,15H2,2H3,(H,33,37)/b18-9+,20-12+/t25-/m0/s1. The van der Waals surface area contributed by atoms with Crippen LogP contribution in [-0.2, 0) is 11.2 Å². The predicted molar refractivity (Wildman–Crippen MR) is 146 cm³/mol. The molecule has 1 aliphatic carbocycles. The van der Waals surface area contributed by atoms with Gasteiger partial charge in [0.25, 0.3) is 5.91 Å². The number of hydrogen-bond acceptors (Lipinski definition) is 6. The van der Waals surface area contributed by atoms with Crippen molar-refractivity contribution >= 4 is 23.0 Å². The third kappa shape index (κ3) is 6.34. The van der Waals surface area contributed by atoms with Gasteiger partial charge in [-0.3, -0.25) is 9.59 Å². The number of fused-ring (bicyclic) bond motifs is 1. The molecular weight excluding hydrogens is 501 g/mol. The number of aromatic nitrogens is 3. The highest BCUT2D eigenvalue weighted by Crippen LogP contribution is 2.37. The first kappa shape index (κ1) is 27.6. The van der Waals surface area contributed by atoms with Crippen molar-refractivity contribution in [1.29, 1.82) is 0 Å². The highest BCUT2D eigenvalue weighted by atomic mass is 19.1. The van der Waals surface area contributed by atoms with E-state index in [-0.39, 0.29) is 29.5 Å². The molecule has 39 heavy (non-hydrogen) atoms. The van der Waals surface area contributed by atoms with Crippen LogP contribution in [0.5, 0.6) is 5.75 Å². The summed E-state index contributed by atoms with van der Waals surface area (Å²) in [4.78, 5) is 41.1. The molecule has 2 amide bonds. The fourth-order valence-electron chi connectivity index (χ4n) is 4.94. The number of aromatic hydroxyl groups is 1. The number of carbonyl (C=O) groups excluding carboxylic acids is 2. The van der Waals surface area contributed by atoms with Gasteiger partial charge in [-0.15, -0.1) is 4.91 Å². The number of nitrogens with one attached hydrogen (secondary N) is 1. The first-order valence-electron chi connectivity index (χ1n) is 12.8. The van der Waals surface area contributed by atoms with Crippen molar-refractivity contribution in [1.82, 2.24) is 19.9 Å². The molecule has 10 heteroatoms. The lowest BCUT2D eigenvalue weighted by molar-refractivity contribution is -0.119. The molecule has 0 aliphatic heterocycles. The molecule has 9 nitrogen and oxygen atoms in total. The fraction of sp³-hybridized carbons (Fsp3) is 0.310. The van der Waals surface area contributed by atoms with E-state index in [1.165, 1.54) is 31.3 Å². The zero-order valence-electron chi connectivity index (χ0n) is 21.6. The molecular formula is C29H30FN5O4. The molecule has 1 aliphatic rings. The number of carbonyl (C=O) groups is 2. The molecule has 2 N–H and O–H groups in total. The molecule has 0 saturated heterocycles. The summed E-state index contributed by atoms with van der Waals surface area (Å²) >= 11 is 0. The minimum absolute atomic E-state index is 0.00963. The number of nitrogens with zero attached hydrogens (tertiary/aromatic N) is 4. The summed E-state index contributed by atoms with van der Waals surface area (Å²) < 4.78 is 15.1. The van der Waals surface area contributed by atoms with Crippen molar-refractivity contribution in [2.75, 3.05) is 0 Å². The topological polar surface area (TPSA) is 126 Å². The van der Waals surface area contributed by atoms with Gasteiger partial charge in [0.1, 0.15) is 17.4 Å². The Balaban J connectivity index is 1.73. The van der Waals surface area contributed by atoms with Crippen LogP contribution in [0, 0.1) is 4.91 Å². The Morgan fingerprint density at radius 1 is 1.18 bits per heavy atom. The summed E-state index contributed by atoms with van der Waals surface area (Å²) in [6.45, 7) is 5.25. The Bertz CT molecular complexity index is 1450. The SMILES string of the molecule is C=C/C(=C\C=C(/C)F)c1cnc2c(C(=O)N[C@@H](Cc3ccc(O)cc3)C(=O)N=O)cnn2c1C1CCCCC1. The summed E-state index contributed by atoms with van der Waals surface area (Å²) in [5, 5.41) is 19.1. The Labute approximate surface area is 225 Å². The maximum Gasteiger partial charge on any atom is 0.308 e. The number of phenolic OH excluding ortho intramolecular Hbond substituents is 1. The minimum Gasteiger partial charge on any atom is -0.508 e. The second kappa shape index (κ2) is 12.4. The normalized spacial score (nSPS) is 15.6. The van der Waals surface area contributed by atoms with Crippen LogP contribution in [0.4, 0.5) is 4.39 Å². The summed E-state index contributed by atoms with van der Waals surface area (Å²) in [7, 11) is 0. The lowest BCUT2D eigenvalue weighted by Gasteiger charge is -2.25. The van der Waals surface area contributed by atoms with Gasteiger partial charge in [-0.1, -0.05) is 50.1 Å². The second-order valence-corrected chi connectivity index (χ2v) is 9.59. The van der Waals surface area contributed by atoms with E-state index in [1.807, 2.05) is 0 Å². The first-order chi connectivity index (χ1) is 18.8. The molecule has 0 bridgehead atoms. The summed E-state index contributed by atoms with van der Waals surface area (Å²) in [5.74, 6) is -1.80. The predicted octanol–water partition coefficient (Wildman–Crippen LogP) is 5.56. The monoisotopic (exact) mass is 531 g/mol. The number of rotatable bonds is 9. The van der Waals surface area contributed by atoms with E-state index in [4.69, 9.17) is 0 Å². The average Bonchev–Trinajstić information content (AvgIpc) is 3.38. The molecule has 1 aromatic carbocycles. The number of halogens is 1. The van der Waals surface area contributed by atoms with Gasteiger partial charge in [-0.2, -0.15) is 5.10 Å².